The smallest absolute Gasteiger partial charge is 0.220 e. The monoisotopic (exact) mass is 468 g/mol. The molecule has 2 aliphatic rings. The lowest BCUT2D eigenvalue weighted by Crippen LogP contribution is -2.48. The number of rotatable bonds is 9. The van der Waals surface area contributed by atoms with Gasteiger partial charge in [0.1, 0.15) is 13.2 Å². The number of nitrogens with one attached hydrogen (secondary N) is 2. The summed E-state index contributed by atoms with van der Waals surface area (Å²) < 4.78 is 23.3. The number of fused-ring (bicyclic) bond motifs is 2. The van der Waals surface area contributed by atoms with Gasteiger partial charge in [0.2, 0.25) is 11.8 Å². The second-order valence-electron chi connectivity index (χ2n) is 8.75. The Morgan fingerprint density at radius 2 is 1.12 bits per heavy atom. The second-order valence-corrected chi connectivity index (χ2v) is 8.75. The Morgan fingerprint density at radius 3 is 1.53 bits per heavy atom. The maximum atomic E-state index is 12.3. The zero-order valence-corrected chi connectivity index (χ0v) is 19.6. The summed E-state index contributed by atoms with van der Waals surface area (Å²) in [7, 11) is 0. The predicted molar refractivity (Wildman–Crippen MR) is 126 cm³/mol. The summed E-state index contributed by atoms with van der Waals surface area (Å²) in [5, 5.41) is 5.95. The van der Waals surface area contributed by atoms with Crippen LogP contribution in [0.15, 0.2) is 48.5 Å². The van der Waals surface area contributed by atoms with Crippen molar-refractivity contribution in [1.29, 1.82) is 0 Å². The van der Waals surface area contributed by atoms with Crippen molar-refractivity contribution in [3.63, 3.8) is 0 Å². The lowest BCUT2D eigenvalue weighted by atomic mass is 10.1. The van der Waals surface area contributed by atoms with Crippen LogP contribution in [-0.2, 0) is 9.59 Å². The average molecular weight is 469 g/mol. The SMILES string of the molecule is CC(NC(=O)CCCCC(=O)NC(C)C1COc2ccccc2O1)C1COc2ccccc2O1. The summed E-state index contributed by atoms with van der Waals surface area (Å²) in [6, 6.07) is 14.6. The highest BCUT2D eigenvalue weighted by Gasteiger charge is 2.28. The highest BCUT2D eigenvalue weighted by atomic mass is 16.6. The van der Waals surface area contributed by atoms with Crippen molar-refractivity contribution in [1.82, 2.24) is 10.6 Å². The fourth-order valence-electron chi connectivity index (χ4n) is 3.97. The third kappa shape index (κ3) is 6.12. The van der Waals surface area contributed by atoms with Crippen LogP contribution in [0.3, 0.4) is 0 Å². The van der Waals surface area contributed by atoms with Gasteiger partial charge in [0.15, 0.2) is 35.2 Å². The van der Waals surface area contributed by atoms with Gasteiger partial charge in [0, 0.05) is 12.8 Å². The molecular weight excluding hydrogens is 436 g/mol. The van der Waals surface area contributed by atoms with Crippen molar-refractivity contribution in [2.45, 2.75) is 63.8 Å². The number of hydrogen-bond acceptors (Lipinski definition) is 6. The summed E-state index contributed by atoms with van der Waals surface area (Å²) in [6.45, 7) is 4.59. The van der Waals surface area contributed by atoms with E-state index in [2.05, 4.69) is 10.6 Å². The number of benzene rings is 2. The lowest BCUT2D eigenvalue weighted by molar-refractivity contribution is -0.124. The van der Waals surface area contributed by atoms with Gasteiger partial charge in [0.25, 0.3) is 0 Å². The fourth-order valence-corrected chi connectivity index (χ4v) is 3.97. The van der Waals surface area contributed by atoms with Crippen molar-refractivity contribution in [2.75, 3.05) is 13.2 Å². The van der Waals surface area contributed by atoms with Crippen LogP contribution < -0.4 is 29.6 Å². The first kappa shape index (κ1) is 23.7. The van der Waals surface area contributed by atoms with E-state index in [0.717, 1.165) is 11.5 Å². The molecule has 0 radical (unpaired) electrons. The lowest BCUT2D eigenvalue weighted by Gasteiger charge is -2.31. The Morgan fingerprint density at radius 1 is 0.735 bits per heavy atom. The van der Waals surface area contributed by atoms with Gasteiger partial charge in [-0.05, 0) is 51.0 Å². The highest BCUT2D eigenvalue weighted by molar-refractivity contribution is 5.77. The van der Waals surface area contributed by atoms with Crippen LogP contribution in [0.5, 0.6) is 23.0 Å². The number of hydrogen-bond donors (Lipinski definition) is 2. The van der Waals surface area contributed by atoms with E-state index in [1.807, 2.05) is 62.4 Å². The van der Waals surface area contributed by atoms with Gasteiger partial charge in [-0.3, -0.25) is 9.59 Å². The molecule has 2 aromatic carbocycles. The minimum atomic E-state index is -0.246. The summed E-state index contributed by atoms with van der Waals surface area (Å²) in [4.78, 5) is 24.7. The average Bonchev–Trinajstić information content (AvgIpc) is 2.86. The highest BCUT2D eigenvalue weighted by Crippen LogP contribution is 2.32. The Balaban J connectivity index is 1.11. The summed E-state index contributed by atoms with van der Waals surface area (Å²) in [6.07, 6.45) is 1.47. The van der Waals surface area contributed by atoms with E-state index in [1.165, 1.54) is 0 Å². The number of carbonyl (C=O) groups excluding carboxylic acids is 2. The van der Waals surface area contributed by atoms with Crippen molar-refractivity contribution in [2.24, 2.45) is 0 Å². The van der Waals surface area contributed by atoms with Gasteiger partial charge in [-0.1, -0.05) is 24.3 Å². The van der Waals surface area contributed by atoms with E-state index in [0.29, 0.717) is 50.4 Å². The molecule has 2 aromatic rings. The molecule has 2 aliphatic heterocycles. The Kier molecular flexibility index (Phi) is 7.77. The van der Waals surface area contributed by atoms with Gasteiger partial charge in [0.05, 0.1) is 12.1 Å². The van der Waals surface area contributed by atoms with Crippen molar-refractivity contribution in [3.05, 3.63) is 48.5 Å². The first-order valence-corrected chi connectivity index (χ1v) is 11.9. The van der Waals surface area contributed by atoms with Crippen LogP contribution in [0.25, 0.3) is 0 Å². The standard InChI is InChI=1S/C26H32N2O6/c1-17(23-15-31-19-9-3-5-11-21(19)33-23)27-25(29)13-7-8-14-26(30)28-18(2)24-16-32-20-10-4-6-12-22(20)34-24/h3-6,9-12,17-18,23-24H,7-8,13-16H2,1-2H3,(H,27,29)(H,28,30). The van der Waals surface area contributed by atoms with Crippen LogP contribution >= 0.6 is 0 Å². The van der Waals surface area contributed by atoms with Crippen molar-refractivity contribution in [3.8, 4) is 23.0 Å². The number of ether oxygens (including phenoxy) is 4. The molecule has 8 nitrogen and oxygen atoms in total. The van der Waals surface area contributed by atoms with E-state index in [4.69, 9.17) is 18.9 Å². The number of unbranched alkanes of at least 4 members (excludes halogenated alkanes) is 1. The minimum Gasteiger partial charge on any atom is -0.486 e. The van der Waals surface area contributed by atoms with Gasteiger partial charge in [-0.2, -0.15) is 0 Å². The van der Waals surface area contributed by atoms with Crippen molar-refractivity contribution >= 4 is 11.8 Å². The number of carbonyl (C=O) groups is 2. The van der Waals surface area contributed by atoms with Crippen LogP contribution in [0.2, 0.25) is 0 Å². The maximum Gasteiger partial charge on any atom is 0.220 e. The Labute approximate surface area is 199 Å². The molecule has 4 unspecified atom stereocenters. The third-order valence-electron chi connectivity index (χ3n) is 6.01. The molecule has 0 aromatic heterocycles. The molecule has 2 amide bonds. The first-order valence-electron chi connectivity index (χ1n) is 11.9. The van der Waals surface area contributed by atoms with Gasteiger partial charge in [-0.25, -0.2) is 0 Å². The quantitative estimate of drug-likeness (QED) is 0.549. The third-order valence-corrected chi connectivity index (χ3v) is 6.01. The molecule has 0 saturated heterocycles. The largest absolute Gasteiger partial charge is 0.486 e. The first-order chi connectivity index (χ1) is 16.5. The molecule has 2 heterocycles. The predicted octanol–water partition coefficient (Wildman–Crippen LogP) is 3.24. The number of amides is 2. The molecule has 0 aliphatic carbocycles. The Hall–Kier alpha value is -3.42. The molecule has 0 spiro atoms. The van der Waals surface area contributed by atoms with Crippen LogP contribution in [0.4, 0.5) is 0 Å². The molecular formula is C26H32N2O6. The normalized spacial score (nSPS) is 20.1. The molecule has 2 N–H and O–H groups in total. The summed E-state index contributed by atoms with van der Waals surface area (Å²) in [5.41, 5.74) is 0. The summed E-state index contributed by atoms with van der Waals surface area (Å²) >= 11 is 0. The molecule has 4 rings (SSSR count). The van der Waals surface area contributed by atoms with E-state index in [-0.39, 0.29) is 36.1 Å². The molecule has 182 valence electrons. The topological polar surface area (TPSA) is 95.1 Å². The zero-order chi connectivity index (χ0) is 23.9. The van der Waals surface area contributed by atoms with E-state index in [9.17, 15) is 9.59 Å². The molecule has 34 heavy (non-hydrogen) atoms. The van der Waals surface area contributed by atoms with Gasteiger partial charge in [-0.15, -0.1) is 0 Å². The molecule has 8 heteroatoms. The summed E-state index contributed by atoms with van der Waals surface area (Å²) in [5.74, 6) is 2.70. The maximum absolute atomic E-state index is 12.3. The van der Waals surface area contributed by atoms with Crippen LogP contribution in [0.1, 0.15) is 39.5 Å². The zero-order valence-electron chi connectivity index (χ0n) is 19.6. The van der Waals surface area contributed by atoms with E-state index < -0.39 is 0 Å². The van der Waals surface area contributed by atoms with Gasteiger partial charge < -0.3 is 29.6 Å². The Bertz CT molecular complexity index is 917. The van der Waals surface area contributed by atoms with E-state index >= 15 is 0 Å². The van der Waals surface area contributed by atoms with Crippen LogP contribution in [-0.4, -0.2) is 49.3 Å². The van der Waals surface area contributed by atoms with Gasteiger partial charge >= 0.3 is 0 Å². The molecule has 0 saturated carbocycles. The van der Waals surface area contributed by atoms with Crippen molar-refractivity contribution < 1.29 is 28.5 Å². The number of para-hydroxylation sites is 4. The fraction of sp³-hybridized carbons (Fsp3) is 0.462. The minimum absolute atomic E-state index is 0.0600. The molecule has 4 atom stereocenters. The van der Waals surface area contributed by atoms with E-state index in [1.54, 1.807) is 0 Å². The van der Waals surface area contributed by atoms with Crippen LogP contribution in [0, 0.1) is 0 Å². The molecule has 0 bridgehead atoms. The molecule has 0 fully saturated rings. The second kappa shape index (κ2) is 11.1.